The standard InChI is InChI=1S/C21H37Cl2P/c1-4-5-6-7-8-9-10-11-12-15-18-24(2,3,23)19-20-16-13-14-17-21(20)22/h13-14,16-17H,4-12,15,18-19H2,1-3H3. The molecule has 0 bridgehead atoms. The van der Waals surface area contributed by atoms with Gasteiger partial charge in [-0.05, 0) is 0 Å². The molecule has 3 heteroatoms. The first-order chi connectivity index (χ1) is 11.3. The third-order valence-electron chi connectivity index (χ3n) is 4.82. The summed E-state index contributed by atoms with van der Waals surface area (Å²) in [5.74, 6) is -2.15. The van der Waals surface area contributed by atoms with Gasteiger partial charge in [0.05, 0.1) is 0 Å². The van der Waals surface area contributed by atoms with Crippen LogP contribution in [0.15, 0.2) is 24.3 Å². The van der Waals surface area contributed by atoms with Gasteiger partial charge in [-0.15, -0.1) is 0 Å². The second-order valence-corrected chi connectivity index (χ2v) is 17.8. The van der Waals surface area contributed by atoms with Crippen LogP contribution in [0.3, 0.4) is 0 Å². The summed E-state index contributed by atoms with van der Waals surface area (Å²) < 4.78 is 0. The molecule has 1 aromatic rings. The Hall–Kier alpha value is 0.230. The first kappa shape index (κ1) is 22.3. The van der Waals surface area contributed by atoms with Crippen LogP contribution in [-0.4, -0.2) is 19.5 Å². The van der Waals surface area contributed by atoms with Crippen molar-refractivity contribution in [3.05, 3.63) is 34.9 Å². The molecule has 0 amide bonds. The van der Waals surface area contributed by atoms with Gasteiger partial charge in [-0.1, -0.05) is 0 Å². The van der Waals surface area contributed by atoms with Crippen molar-refractivity contribution < 1.29 is 0 Å². The van der Waals surface area contributed by atoms with Crippen LogP contribution in [0.25, 0.3) is 0 Å². The molecule has 1 aromatic carbocycles. The van der Waals surface area contributed by atoms with Gasteiger partial charge in [0.1, 0.15) is 0 Å². The number of hydrogen-bond acceptors (Lipinski definition) is 0. The van der Waals surface area contributed by atoms with Crippen LogP contribution in [0.2, 0.25) is 5.02 Å². The van der Waals surface area contributed by atoms with Crippen LogP contribution in [0.1, 0.15) is 76.7 Å². The van der Waals surface area contributed by atoms with Gasteiger partial charge in [0.15, 0.2) is 0 Å². The van der Waals surface area contributed by atoms with Gasteiger partial charge in [0.2, 0.25) is 0 Å². The Morgan fingerprint density at radius 2 is 1.29 bits per heavy atom. The van der Waals surface area contributed by atoms with Crippen molar-refractivity contribution in [1.82, 2.24) is 0 Å². The molecule has 0 aromatic heterocycles. The summed E-state index contributed by atoms with van der Waals surface area (Å²) >= 11 is 13.4. The molecule has 0 aliphatic rings. The molecule has 140 valence electrons. The maximum atomic E-state index is 7.08. The van der Waals surface area contributed by atoms with E-state index in [1.165, 1.54) is 69.8 Å². The fourth-order valence-corrected chi connectivity index (χ4v) is 7.04. The van der Waals surface area contributed by atoms with E-state index in [1.54, 1.807) is 0 Å². The second-order valence-electron chi connectivity index (χ2n) is 8.17. The number of halogens is 2. The minimum atomic E-state index is -2.15. The van der Waals surface area contributed by atoms with E-state index < -0.39 is 5.96 Å². The molecule has 0 saturated heterocycles. The third kappa shape index (κ3) is 10.3. The van der Waals surface area contributed by atoms with E-state index in [2.05, 4.69) is 32.4 Å². The number of unbranched alkanes of at least 4 members (excludes halogenated alkanes) is 9. The number of rotatable bonds is 13. The van der Waals surface area contributed by atoms with Gasteiger partial charge in [-0.2, -0.15) is 0 Å². The molecule has 0 aliphatic heterocycles. The summed E-state index contributed by atoms with van der Waals surface area (Å²) in [5.41, 5.74) is 1.21. The van der Waals surface area contributed by atoms with Crippen molar-refractivity contribution in [2.45, 2.75) is 77.3 Å². The molecule has 0 radical (unpaired) electrons. The topological polar surface area (TPSA) is 0 Å². The summed E-state index contributed by atoms with van der Waals surface area (Å²) in [6.07, 6.45) is 15.9. The Balaban J connectivity index is 2.19. The molecule has 24 heavy (non-hydrogen) atoms. The Morgan fingerprint density at radius 1 is 0.792 bits per heavy atom. The van der Waals surface area contributed by atoms with Crippen molar-refractivity contribution in [1.29, 1.82) is 0 Å². The van der Waals surface area contributed by atoms with E-state index in [9.17, 15) is 0 Å². The summed E-state index contributed by atoms with van der Waals surface area (Å²) in [7, 11) is 0. The Labute approximate surface area is 160 Å². The zero-order valence-electron chi connectivity index (χ0n) is 16.0. The van der Waals surface area contributed by atoms with Crippen molar-refractivity contribution in [2.24, 2.45) is 0 Å². The molecular weight excluding hydrogens is 354 g/mol. The molecule has 0 N–H and O–H groups in total. The third-order valence-corrected chi connectivity index (χ3v) is 9.06. The normalized spacial score (nSPS) is 13.6. The van der Waals surface area contributed by atoms with E-state index in [-0.39, 0.29) is 0 Å². The number of benzene rings is 1. The van der Waals surface area contributed by atoms with Crippen LogP contribution < -0.4 is 0 Å². The number of hydrogen-bond donors (Lipinski definition) is 0. The molecule has 0 fully saturated rings. The van der Waals surface area contributed by atoms with E-state index >= 15 is 0 Å². The summed E-state index contributed by atoms with van der Waals surface area (Å²) in [6.45, 7) is 6.87. The average Bonchev–Trinajstić information content (AvgIpc) is 2.51. The summed E-state index contributed by atoms with van der Waals surface area (Å²) in [4.78, 5) is 0. The van der Waals surface area contributed by atoms with Gasteiger partial charge in [-0.25, -0.2) is 0 Å². The van der Waals surface area contributed by atoms with Crippen molar-refractivity contribution >= 4 is 28.8 Å². The van der Waals surface area contributed by atoms with Crippen LogP contribution in [0.5, 0.6) is 0 Å². The monoisotopic (exact) mass is 390 g/mol. The van der Waals surface area contributed by atoms with Gasteiger partial charge >= 0.3 is 160 Å². The molecule has 0 heterocycles. The Kier molecular flexibility index (Phi) is 10.3. The molecule has 0 unspecified atom stereocenters. The predicted molar refractivity (Wildman–Crippen MR) is 116 cm³/mol. The SMILES string of the molecule is CCCCCCCCCCCCP(C)(C)(Cl)Cc1ccccc1Cl. The van der Waals surface area contributed by atoms with E-state index in [0.717, 1.165) is 17.3 Å². The molecule has 0 atom stereocenters. The molecule has 0 spiro atoms. The zero-order chi connectivity index (χ0) is 17.9. The molecule has 1 rings (SSSR count). The Morgan fingerprint density at radius 3 is 1.83 bits per heavy atom. The predicted octanol–water partition coefficient (Wildman–Crippen LogP) is 8.73. The van der Waals surface area contributed by atoms with E-state index in [0.29, 0.717) is 0 Å². The van der Waals surface area contributed by atoms with Gasteiger partial charge in [-0.3, -0.25) is 0 Å². The maximum absolute atomic E-state index is 7.08. The first-order valence-corrected chi connectivity index (χ1v) is 14.6. The first-order valence-electron chi connectivity index (χ1n) is 9.77. The fraction of sp³-hybridized carbons (Fsp3) is 0.714. The molecule has 0 aliphatic carbocycles. The van der Waals surface area contributed by atoms with Crippen LogP contribution in [0.4, 0.5) is 0 Å². The van der Waals surface area contributed by atoms with Crippen LogP contribution in [-0.2, 0) is 6.16 Å². The minimum absolute atomic E-state index is 0.860. The van der Waals surface area contributed by atoms with E-state index in [1.807, 2.05) is 12.1 Å². The zero-order valence-corrected chi connectivity index (χ0v) is 18.4. The van der Waals surface area contributed by atoms with Crippen molar-refractivity contribution in [2.75, 3.05) is 19.5 Å². The Bertz CT molecular complexity index is 462. The fourth-order valence-electron chi connectivity index (χ4n) is 3.32. The quantitative estimate of drug-likeness (QED) is 0.233. The second kappa shape index (κ2) is 11.1. The van der Waals surface area contributed by atoms with Crippen molar-refractivity contribution in [3.63, 3.8) is 0 Å². The van der Waals surface area contributed by atoms with Crippen LogP contribution >= 0.6 is 28.8 Å². The summed E-state index contributed by atoms with van der Waals surface area (Å²) in [6, 6.07) is 8.15. The summed E-state index contributed by atoms with van der Waals surface area (Å²) in [5, 5.41) is 0.860. The molecular formula is C21H37Cl2P. The van der Waals surface area contributed by atoms with Gasteiger partial charge in [0, 0.05) is 0 Å². The van der Waals surface area contributed by atoms with Crippen molar-refractivity contribution in [3.8, 4) is 0 Å². The van der Waals surface area contributed by atoms with Gasteiger partial charge in [0.25, 0.3) is 0 Å². The van der Waals surface area contributed by atoms with Gasteiger partial charge < -0.3 is 0 Å². The van der Waals surface area contributed by atoms with Crippen LogP contribution in [0, 0.1) is 0 Å². The van der Waals surface area contributed by atoms with E-state index in [4.69, 9.17) is 22.8 Å². The molecule has 0 saturated carbocycles. The average molecular weight is 391 g/mol. The molecule has 0 nitrogen and oxygen atoms in total.